The predicted octanol–water partition coefficient (Wildman–Crippen LogP) is -1.04. The maximum atomic E-state index is 12.1. The average molecular weight is 287 g/mol. The van der Waals surface area contributed by atoms with Gasteiger partial charge in [-0.15, -0.1) is 0 Å². The van der Waals surface area contributed by atoms with Gasteiger partial charge in [0.2, 0.25) is 15.9 Å². The zero-order valence-electron chi connectivity index (χ0n) is 10.5. The first-order valence-electron chi connectivity index (χ1n) is 5.63. The number of aliphatic hydroxyl groups excluding tert-OH is 1. The summed E-state index contributed by atoms with van der Waals surface area (Å²) in [6.07, 6.45) is -1.06. The van der Waals surface area contributed by atoms with E-state index in [-0.39, 0.29) is 4.90 Å². The summed E-state index contributed by atoms with van der Waals surface area (Å²) in [5, 5.41) is 9.19. The number of carbonyl (C=O) groups excluding carboxylic acids is 1. The monoisotopic (exact) mass is 287 g/mol. The van der Waals surface area contributed by atoms with E-state index in [4.69, 9.17) is 11.5 Å². The number of hydrogen-bond acceptors (Lipinski definition) is 5. The number of benzene rings is 1. The Morgan fingerprint density at radius 2 is 2.11 bits per heavy atom. The van der Waals surface area contributed by atoms with Crippen LogP contribution in [0.25, 0.3) is 0 Å². The number of hydrogen-bond donors (Lipinski definition) is 4. The van der Waals surface area contributed by atoms with E-state index in [0.717, 1.165) is 0 Å². The zero-order valence-corrected chi connectivity index (χ0v) is 11.3. The van der Waals surface area contributed by atoms with E-state index in [9.17, 15) is 18.3 Å². The fourth-order valence-corrected chi connectivity index (χ4v) is 2.86. The number of aryl methyl sites for hydroxylation is 1. The molecule has 0 aliphatic heterocycles. The Morgan fingerprint density at radius 1 is 1.47 bits per heavy atom. The molecule has 6 N–H and O–H groups in total. The van der Waals surface area contributed by atoms with Crippen LogP contribution in [0.4, 0.5) is 5.69 Å². The van der Waals surface area contributed by atoms with Gasteiger partial charge in [-0.05, 0) is 24.1 Å². The summed E-state index contributed by atoms with van der Waals surface area (Å²) in [7, 11) is -3.85. The van der Waals surface area contributed by atoms with Gasteiger partial charge in [-0.1, -0.05) is 13.0 Å². The van der Waals surface area contributed by atoms with Gasteiger partial charge < -0.3 is 16.6 Å². The van der Waals surface area contributed by atoms with Crippen LogP contribution >= 0.6 is 0 Å². The molecule has 1 aromatic rings. The molecule has 0 fully saturated rings. The van der Waals surface area contributed by atoms with Crippen molar-refractivity contribution < 1.29 is 18.3 Å². The number of amides is 1. The number of carbonyl (C=O) groups is 1. The Balaban J connectivity index is 3.00. The number of rotatable bonds is 6. The number of sulfonamides is 1. The van der Waals surface area contributed by atoms with Crippen molar-refractivity contribution in [1.82, 2.24) is 4.72 Å². The first-order valence-corrected chi connectivity index (χ1v) is 7.11. The molecule has 0 heterocycles. The van der Waals surface area contributed by atoms with Gasteiger partial charge in [0.1, 0.15) is 6.10 Å². The van der Waals surface area contributed by atoms with Gasteiger partial charge in [0.25, 0.3) is 0 Å². The standard InChI is InChI=1S/C11H17N3O4S/c1-2-7-3-4-8(12)5-10(7)19(17,18)14-6-9(15)11(13)16/h3-5,9,14-15H,2,6,12H2,1H3,(H2,13,16). The van der Waals surface area contributed by atoms with Crippen molar-refractivity contribution in [2.24, 2.45) is 5.73 Å². The van der Waals surface area contributed by atoms with E-state index >= 15 is 0 Å². The predicted molar refractivity (Wildman–Crippen MR) is 70.6 cm³/mol. The third-order valence-electron chi connectivity index (χ3n) is 2.56. The third kappa shape index (κ3) is 3.91. The molecule has 1 amide bonds. The first kappa shape index (κ1) is 15.4. The van der Waals surface area contributed by atoms with Crippen molar-refractivity contribution in [1.29, 1.82) is 0 Å². The van der Waals surface area contributed by atoms with Crippen molar-refractivity contribution in [3.63, 3.8) is 0 Å². The molecular weight excluding hydrogens is 270 g/mol. The van der Waals surface area contributed by atoms with E-state index in [1.165, 1.54) is 6.07 Å². The molecule has 0 aliphatic rings. The fourth-order valence-electron chi connectivity index (χ4n) is 1.48. The highest BCUT2D eigenvalue weighted by Gasteiger charge is 2.20. The molecule has 0 bridgehead atoms. The van der Waals surface area contributed by atoms with Crippen LogP contribution < -0.4 is 16.2 Å². The Labute approximate surface area is 111 Å². The molecule has 1 aromatic carbocycles. The lowest BCUT2D eigenvalue weighted by atomic mass is 10.1. The molecule has 0 saturated carbocycles. The van der Waals surface area contributed by atoms with Gasteiger partial charge in [0.05, 0.1) is 4.90 Å². The van der Waals surface area contributed by atoms with Crippen LogP contribution in [-0.4, -0.2) is 32.1 Å². The quantitative estimate of drug-likeness (QED) is 0.495. The molecule has 7 nitrogen and oxygen atoms in total. The molecule has 1 rings (SSSR count). The van der Waals surface area contributed by atoms with E-state index in [1.54, 1.807) is 12.1 Å². The maximum Gasteiger partial charge on any atom is 0.247 e. The topological polar surface area (TPSA) is 136 Å². The zero-order chi connectivity index (χ0) is 14.6. The Hall–Kier alpha value is -1.64. The Morgan fingerprint density at radius 3 is 2.63 bits per heavy atom. The number of primary amides is 1. The number of nitrogens with two attached hydrogens (primary N) is 2. The second kappa shape index (κ2) is 6.00. The number of aliphatic hydroxyl groups is 1. The van der Waals surface area contributed by atoms with Crippen molar-refractivity contribution >= 4 is 21.6 Å². The lowest BCUT2D eigenvalue weighted by Crippen LogP contribution is -2.40. The number of nitrogen functional groups attached to an aromatic ring is 1. The third-order valence-corrected chi connectivity index (χ3v) is 4.06. The second-order valence-electron chi connectivity index (χ2n) is 3.99. The minimum absolute atomic E-state index is 0.0340. The van der Waals surface area contributed by atoms with Crippen LogP contribution in [0, 0.1) is 0 Å². The highest BCUT2D eigenvalue weighted by atomic mass is 32.2. The lowest BCUT2D eigenvalue weighted by Gasteiger charge is -2.12. The van der Waals surface area contributed by atoms with Gasteiger partial charge in [-0.2, -0.15) is 0 Å². The molecule has 1 unspecified atom stereocenters. The van der Waals surface area contributed by atoms with Crippen molar-refractivity contribution in [2.75, 3.05) is 12.3 Å². The Bertz CT molecular complexity index is 571. The van der Waals surface area contributed by atoms with Crippen LogP contribution in [-0.2, 0) is 21.2 Å². The smallest absolute Gasteiger partial charge is 0.247 e. The molecule has 0 aromatic heterocycles. The summed E-state index contributed by atoms with van der Waals surface area (Å²) in [6.45, 7) is 1.33. The SMILES string of the molecule is CCc1ccc(N)cc1S(=O)(=O)NCC(O)C(N)=O. The molecule has 0 radical (unpaired) electrons. The van der Waals surface area contributed by atoms with Gasteiger partial charge in [0, 0.05) is 12.2 Å². The van der Waals surface area contributed by atoms with Crippen LogP contribution in [0.2, 0.25) is 0 Å². The van der Waals surface area contributed by atoms with E-state index in [1.807, 2.05) is 6.92 Å². The van der Waals surface area contributed by atoms with Crippen molar-refractivity contribution in [3.05, 3.63) is 23.8 Å². The molecular formula is C11H17N3O4S. The molecule has 1 atom stereocenters. The lowest BCUT2D eigenvalue weighted by molar-refractivity contribution is -0.125. The second-order valence-corrected chi connectivity index (χ2v) is 5.73. The van der Waals surface area contributed by atoms with Gasteiger partial charge >= 0.3 is 0 Å². The van der Waals surface area contributed by atoms with E-state index in [2.05, 4.69) is 4.72 Å². The molecule has 0 saturated heterocycles. The first-order chi connectivity index (χ1) is 8.77. The van der Waals surface area contributed by atoms with Gasteiger partial charge in [0.15, 0.2) is 0 Å². The fraction of sp³-hybridized carbons (Fsp3) is 0.364. The van der Waals surface area contributed by atoms with Gasteiger partial charge in [-0.25, -0.2) is 13.1 Å². The normalized spacial score (nSPS) is 13.2. The van der Waals surface area contributed by atoms with Crippen molar-refractivity contribution in [3.8, 4) is 0 Å². The largest absolute Gasteiger partial charge is 0.399 e. The van der Waals surface area contributed by atoms with Crippen molar-refractivity contribution in [2.45, 2.75) is 24.3 Å². The van der Waals surface area contributed by atoms with E-state index in [0.29, 0.717) is 17.7 Å². The summed E-state index contributed by atoms with van der Waals surface area (Å²) in [5.41, 5.74) is 11.3. The molecule has 106 valence electrons. The van der Waals surface area contributed by atoms with Crippen LogP contribution in [0.5, 0.6) is 0 Å². The summed E-state index contributed by atoms with van der Waals surface area (Å²) in [4.78, 5) is 10.7. The van der Waals surface area contributed by atoms with E-state index < -0.39 is 28.6 Å². The minimum Gasteiger partial charge on any atom is -0.399 e. The summed E-state index contributed by atoms with van der Waals surface area (Å²) in [5.74, 6) is -0.994. The molecule has 0 aliphatic carbocycles. The summed E-state index contributed by atoms with van der Waals surface area (Å²) >= 11 is 0. The molecule has 0 spiro atoms. The molecule has 8 heteroatoms. The highest BCUT2D eigenvalue weighted by molar-refractivity contribution is 7.89. The van der Waals surface area contributed by atoms with Gasteiger partial charge in [-0.3, -0.25) is 4.79 Å². The molecule has 19 heavy (non-hydrogen) atoms. The number of nitrogens with one attached hydrogen (secondary N) is 1. The highest BCUT2D eigenvalue weighted by Crippen LogP contribution is 2.19. The summed E-state index contributed by atoms with van der Waals surface area (Å²) in [6, 6.07) is 4.56. The maximum absolute atomic E-state index is 12.1. The minimum atomic E-state index is -3.85. The Kier molecular flexibility index (Phi) is 4.87. The van der Waals surface area contributed by atoms with Crippen LogP contribution in [0.3, 0.4) is 0 Å². The average Bonchev–Trinajstić information content (AvgIpc) is 2.35. The van der Waals surface area contributed by atoms with Crippen LogP contribution in [0.15, 0.2) is 23.1 Å². The van der Waals surface area contributed by atoms with Crippen LogP contribution in [0.1, 0.15) is 12.5 Å². The summed E-state index contributed by atoms with van der Waals surface area (Å²) < 4.78 is 26.2. The number of anilines is 1.